The number of benzene rings is 1. The van der Waals surface area contributed by atoms with Crippen molar-refractivity contribution in [1.82, 2.24) is 0 Å². The first kappa shape index (κ1) is 11.4. The Morgan fingerprint density at radius 2 is 1.88 bits per heavy atom. The maximum Gasteiger partial charge on any atom is 0.115 e. The van der Waals surface area contributed by atoms with E-state index in [0.717, 1.165) is 11.1 Å². The molecule has 0 aliphatic carbocycles. The summed E-state index contributed by atoms with van der Waals surface area (Å²) >= 11 is 1.68. The molecule has 1 aromatic carbocycles. The van der Waals surface area contributed by atoms with Gasteiger partial charge in [-0.2, -0.15) is 0 Å². The van der Waals surface area contributed by atoms with Gasteiger partial charge in [0.25, 0.3) is 0 Å². The van der Waals surface area contributed by atoms with Gasteiger partial charge in [0, 0.05) is 4.88 Å². The number of aliphatic hydroxyl groups is 1. The number of hydrogen-bond donors (Lipinski definition) is 1. The van der Waals surface area contributed by atoms with Crippen LogP contribution in [0, 0.1) is 6.92 Å². The van der Waals surface area contributed by atoms with Crippen molar-refractivity contribution in [2.75, 3.05) is 0 Å². The highest BCUT2D eigenvalue weighted by molar-refractivity contribution is 7.10. The molecule has 0 amide bonds. The molecule has 2 heteroatoms. The quantitative estimate of drug-likeness (QED) is 0.855. The Morgan fingerprint density at radius 1 is 1.19 bits per heavy atom. The second-order valence-corrected chi connectivity index (χ2v) is 5.14. The Kier molecular flexibility index (Phi) is 3.13. The standard InChI is InChI=1S/C14H16OS/c1-3-14(15,12-7-5-4-6-8-12)13-9-11(2)16-10-13/h4-10,15H,3H2,1-2H3. The number of hydrogen-bond acceptors (Lipinski definition) is 2. The Balaban J connectivity index is 2.48. The largest absolute Gasteiger partial charge is 0.380 e. The van der Waals surface area contributed by atoms with E-state index in [1.165, 1.54) is 4.88 Å². The average Bonchev–Trinajstić information content (AvgIpc) is 2.76. The fourth-order valence-electron chi connectivity index (χ4n) is 1.95. The Labute approximate surface area is 100 Å². The van der Waals surface area contributed by atoms with Gasteiger partial charge >= 0.3 is 0 Å². The third kappa shape index (κ3) is 1.91. The van der Waals surface area contributed by atoms with E-state index in [-0.39, 0.29) is 0 Å². The van der Waals surface area contributed by atoms with E-state index in [2.05, 4.69) is 13.0 Å². The van der Waals surface area contributed by atoms with Gasteiger partial charge in [-0.15, -0.1) is 11.3 Å². The van der Waals surface area contributed by atoms with Crippen LogP contribution < -0.4 is 0 Å². The summed E-state index contributed by atoms with van der Waals surface area (Å²) in [6.07, 6.45) is 0.688. The molecular weight excluding hydrogens is 216 g/mol. The second kappa shape index (κ2) is 4.40. The van der Waals surface area contributed by atoms with Crippen LogP contribution in [-0.2, 0) is 5.60 Å². The predicted molar refractivity (Wildman–Crippen MR) is 68.8 cm³/mol. The van der Waals surface area contributed by atoms with Gasteiger partial charge in [0.15, 0.2) is 0 Å². The van der Waals surface area contributed by atoms with Crippen molar-refractivity contribution in [2.45, 2.75) is 25.9 Å². The molecule has 2 aromatic rings. The minimum Gasteiger partial charge on any atom is -0.380 e. The van der Waals surface area contributed by atoms with Gasteiger partial charge in [-0.25, -0.2) is 0 Å². The summed E-state index contributed by atoms with van der Waals surface area (Å²) in [5.41, 5.74) is 1.13. The molecule has 2 rings (SSSR count). The summed E-state index contributed by atoms with van der Waals surface area (Å²) in [6, 6.07) is 11.9. The topological polar surface area (TPSA) is 20.2 Å². The highest BCUT2D eigenvalue weighted by atomic mass is 32.1. The van der Waals surface area contributed by atoms with E-state index >= 15 is 0 Å². The maximum absolute atomic E-state index is 10.8. The van der Waals surface area contributed by atoms with Gasteiger partial charge in [0.1, 0.15) is 5.60 Å². The minimum atomic E-state index is -0.841. The predicted octanol–water partition coefficient (Wildman–Crippen LogP) is 3.70. The summed E-state index contributed by atoms with van der Waals surface area (Å²) in [5, 5.41) is 12.8. The van der Waals surface area contributed by atoms with Gasteiger partial charge < -0.3 is 5.11 Å². The lowest BCUT2D eigenvalue weighted by Gasteiger charge is -2.26. The van der Waals surface area contributed by atoms with E-state index in [4.69, 9.17) is 0 Å². The molecule has 1 heterocycles. The lowest BCUT2D eigenvalue weighted by molar-refractivity contribution is 0.0769. The minimum absolute atomic E-state index is 0.688. The summed E-state index contributed by atoms with van der Waals surface area (Å²) in [6.45, 7) is 4.08. The fraction of sp³-hybridized carbons (Fsp3) is 0.286. The molecule has 1 nitrogen and oxygen atoms in total. The molecule has 0 aliphatic rings. The molecule has 0 bridgehead atoms. The molecule has 0 spiro atoms. The van der Waals surface area contributed by atoms with Crippen LogP contribution >= 0.6 is 11.3 Å². The highest BCUT2D eigenvalue weighted by Gasteiger charge is 2.29. The van der Waals surface area contributed by atoms with Gasteiger partial charge in [-0.1, -0.05) is 37.3 Å². The zero-order chi connectivity index (χ0) is 11.6. The molecule has 1 atom stereocenters. The molecule has 0 fully saturated rings. The normalized spacial score (nSPS) is 14.7. The summed E-state index contributed by atoms with van der Waals surface area (Å²) in [7, 11) is 0. The first-order valence-corrected chi connectivity index (χ1v) is 6.38. The van der Waals surface area contributed by atoms with Gasteiger partial charge in [-0.3, -0.25) is 0 Å². The van der Waals surface area contributed by atoms with Crippen molar-refractivity contribution in [1.29, 1.82) is 0 Å². The third-order valence-electron chi connectivity index (χ3n) is 2.97. The lowest BCUT2D eigenvalue weighted by atomic mass is 9.86. The molecule has 1 N–H and O–H groups in total. The van der Waals surface area contributed by atoms with E-state index in [9.17, 15) is 5.11 Å². The lowest BCUT2D eigenvalue weighted by Crippen LogP contribution is -2.25. The van der Waals surface area contributed by atoms with Crippen molar-refractivity contribution in [2.24, 2.45) is 0 Å². The SMILES string of the molecule is CCC(O)(c1ccccc1)c1csc(C)c1. The number of thiophene rings is 1. The van der Waals surface area contributed by atoms with Gasteiger partial charge in [-0.05, 0) is 35.9 Å². The van der Waals surface area contributed by atoms with Crippen LogP contribution in [0.5, 0.6) is 0 Å². The first-order valence-electron chi connectivity index (χ1n) is 5.50. The smallest absolute Gasteiger partial charge is 0.115 e. The number of rotatable bonds is 3. The summed E-state index contributed by atoms with van der Waals surface area (Å²) in [5.74, 6) is 0. The molecule has 0 radical (unpaired) electrons. The Bertz CT molecular complexity index is 461. The molecular formula is C14H16OS. The van der Waals surface area contributed by atoms with Crippen molar-refractivity contribution in [3.8, 4) is 0 Å². The van der Waals surface area contributed by atoms with E-state index in [0.29, 0.717) is 6.42 Å². The van der Waals surface area contributed by atoms with Crippen LogP contribution in [-0.4, -0.2) is 5.11 Å². The van der Waals surface area contributed by atoms with Crippen LogP contribution in [0.25, 0.3) is 0 Å². The van der Waals surface area contributed by atoms with Gasteiger partial charge in [0.2, 0.25) is 0 Å². The zero-order valence-corrected chi connectivity index (χ0v) is 10.4. The van der Waals surface area contributed by atoms with Crippen LogP contribution in [0.4, 0.5) is 0 Å². The van der Waals surface area contributed by atoms with E-state index in [1.807, 2.05) is 42.6 Å². The Morgan fingerprint density at radius 3 is 2.38 bits per heavy atom. The fourth-order valence-corrected chi connectivity index (χ4v) is 2.72. The summed E-state index contributed by atoms with van der Waals surface area (Å²) in [4.78, 5) is 1.23. The van der Waals surface area contributed by atoms with Gasteiger partial charge in [0.05, 0.1) is 0 Å². The monoisotopic (exact) mass is 232 g/mol. The average molecular weight is 232 g/mol. The molecule has 0 saturated carbocycles. The zero-order valence-electron chi connectivity index (χ0n) is 9.60. The molecule has 84 valence electrons. The van der Waals surface area contributed by atoms with Crippen LogP contribution in [0.2, 0.25) is 0 Å². The summed E-state index contributed by atoms with van der Waals surface area (Å²) < 4.78 is 0. The van der Waals surface area contributed by atoms with Crippen LogP contribution in [0.1, 0.15) is 29.3 Å². The Hall–Kier alpha value is -1.12. The number of aryl methyl sites for hydroxylation is 1. The van der Waals surface area contributed by atoms with E-state index in [1.54, 1.807) is 11.3 Å². The van der Waals surface area contributed by atoms with Crippen LogP contribution in [0.15, 0.2) is 41.8 Å². The molecule has 1 aromatic heterocycles. The van der Waals surface area contributed by atoms with Crippen molar-refractivity contribution >= 4 is 11.3 Å². The van der Waals surface area contributed by atoms with Crippen molar-refractivity contribution in [3.63, 3.8) is 0 Å². The molecule has 0 aliphatic heterocycles. The van der Waals surface area contributed by atoms with Crippen molar-refractivity contribution < 1.29 is 5.11 Å². The van der Waals surface area contributed by atoms with Crippen LogP contribution in [0.3, 0.4) is 0 Å². The maximum atomic E-state index is 10.8. The third-order valence-corrected chi connectivity index (χ3v) is 3.83. The van der Waals surface area contributed by atoms with Crippen molar-refractivity contribution in [3.05, 3.63) is 57.8 Å². The van der Waals surface area contributed by atoms with E-state index < -0.39 is 5.60 Å². The second-order valence-electron chi connectivity index (χ2n) is 4.03. The molecule has 1 unspecified atom stereocenters. The first-order chi connectivity index (χ1) is 7.66. The molecule has 16 heavy (non-hydrogen) atoms. The highest BCUT2D eigenvalue weighted by Crippen LogP contribution is 2.34. The molecule has 0 saturated heterocycles.